The number of nitrogens with one attached hydrogen (secondary N) is 1. The maximum atomic E-state index is 13.0. The van der Waals surface area contributed by atoms with Gasteiger partial charge in [-0.25, -0.2) is 9.78 Å². The van der Waals surface area contributed by atoms with Crippen molar-refractivity contribution in [3.63, 3.8) is 0 Å². The molecule has 0 saturated carbocycles. The second-order valence-corrected chi connectivity index (χ2v) is 6.01. The van der Waals surface area contributed by atoms with E-state index in [1.165, 1.54) is 4.90 Å². The van der Waals surface area contributed by atoms with Crippen molar-refractivity contribution in [3.05, 3.63) is 54.5 Å². The lowest BCUT2D eigenvalue weighted by molar-refractivity contribution is -0.148. The highest BCUT2D eigenvalue weighted by atomic mass is 16.4. The first kappa shape index (κ1) is 16.9. The number of hydrogen-bond acceptors (Lipinski definition) is 5. The number of carbonyl (C=O) groups is 2. The molecular formula is C18H20N4O3. The van der Waals surface area contributed by atoms with Gasteiger partial charge in [0.25, 0.3) is 0 Å². The van der Waals surface area contributed by atoms with Crippen LogP contribution >= 0.6 is 0 Å². The number of anilines is 1. The number of benzene rings is 1. The van der Waals surface area contributed by atoms with E-state index >= 15 is 0 Å². The third kappa shape index (κ3) is 4.12. The zero-order valence-electron chi connectivity index (χ0n) is 13.7. The van der Waals surface area contributed by atoms with E-state index in [1.807, 2.05) is 30.3 Å². The van der Waals surface area contributed by atoms with E-state index in [0.29, 0.717) is 31.6 Å². The van der Waals surface area contributed by atoms with E-state index in [9.17, 15) is 14.7 Å². The third-order valence-electron chi connectivity index (χ3n) is 4.29. The topological polar surface area (TPSA) is 95.4 Å². The van der Waals surface area contributed by atoms with Crippen LogP contribution in [0.5, 0.6) is 0 Å². The Balaban J connectivity index is 1.82. The van der Waals surface area contributed by atoms with Crippen molar-refractivity contribution in [3.8, 4) is 0 Å². The van der Waals surface area contributed by atoms with Crippen molar-refractivity contribution in [1.82, 2.24) is 14.9 Å². The fourth-order valence-electron chi connectivity index (χ4n) is 3.09. The van der Waals surface area contributed by atoms with Crippen molar-refractivity contribution in [1.29, 1.82) is 0 Å². The van der Waals surface area contributed by atoms with Gasteiger partial charge < -0.3 is 15.3 Å². The molecule has 1 aromatic heterocycles. The lowest BCUT2D eigenvalue weighted by atomic mass is 10.0. The number of aromatic nitrogens is 2. The van der Waals surface area contributed by atoms with Crippen molar-refractivity contribution in [2.24, 2.45) is 0 Å². The Labute approximate surface area is 145 Å². The highest BCUT2D eigenvalue weighted by molar-refractivity contribution is 5.89. The minimum absolute atomic E-state index is 0.223. The second-order valence-electron chi connectivity index (χ2n) is 6.01. The highest BCUT2D eigenvalue weighted by Crippen LogP contribution is 2.20. The van der Waals surface area contributed by atoms with Crippen LogP contribution in [0.25, 0.3) is 0 Å². The monoisotopic (exact) mass is 340 g/mol. The van der Waals surface area contributed by atoms with Gasteiger partial charge in [0.1, 0.15) is 17.9 Å². The van der Waals surface area contributed by atoms with Crippen LogP contribution in [0, 0.1) is 0 Å². The molecule has 1 saturated heterocycles. The Hall–Kier alpha value is -2.96. The summed E-state index contributed by atoms with van der Waals surface area (Å²) in [6, 6.07) is 8.27. The van der Waals surface area contributed by atoms with Gasteiger partial charge in [0.2, 0.25) is 5.91 Å². The van der Waals surface area contributed by atoms with Gasteiger partial charge in [-0.1, -0.05) is 30.3 Å². The number of amides is 1. The average molecular weight is 340 g/mol. The smallest absolute Gasteiger partial charge is 0.326 e. The van der Waals surface area contributed by atoms with E-state index in [1.54, 1.807) is 18.6 Å². The molecule has 1 unspecified atom stereocenters. The number of carboxylic acid groups (broad SMARTS) is 1. The lowest BCUT2D eigenvalue weighted by Gasteiger charge is -2.27. The molecule has 1 aliphatic rings. The number of rotatable bonds is 6. The van der Waals surface area contributed by atoms with Crippen LogP contribution < -0.4 is 5.32 Å². The standard InChI is InChI=1S/C18H20N4O3/c23-17(22-10-4-7-15(22)18(24)25)14(11-13-5-2-1-3-6-13)21-16-12-19-8-9-20-16/h1-3,5-6,8-9,12,14-15H,4,7,10-11H2,(H,20,21)(H,24,25)/t14?,15-/m0/s1. The molecule has 2 heterocycles. The molecule has 1 amide bonds. The highest BCUT2D eigenvalue weighted by Gasteiger charge is 2.37. The van der Waals surface area contributed by atoms with Crippen LogP contribution in [0.1, 0.15) is 18.4 Å². The summed E-state index contributed by atoms with van der Waals surface area (Å²) in [5.74, 6) is -0.689. The summed E-state index contributed by atoms with van der Waals surface area (Å²) in [4.78, 5) is 34.1. The van der Waals surface area contributed by atoms with E-state index in [-0.39, 0.29) is 5.91 Å². The molecule has 0 bridgehead atoms. The lowest BCUT2D eigenvalue weighted by Crippen LogP contribution is -2.48. The fraction of sp³-hybridized carbons (Fsp3) is 0.333. The van der Waals surface area contributed by atoms with E-state index in [0.717, 1.165) is 5.56 Å². The number of likely N-dealkylation sites (tertiary alicyclic amines) is 1. The summed E-state index contributed by atoms with van der Waals surface area (Å²) in [7, 11) is 0. The minimum Gasteiger partial charge on any atom is -0.480 e. The fourth-order valence-corrected chi connectivity index (χ4v) is 3.09. The molecule has 7 heteroatoms. The Morgan fingerprint density at radius 2 is 2.08 bits per heavy atom. The minimum atomic E-state index is -0.955. The van der Waals surface area contributed by atoms with E-state index in [2.05, 4.69) is 15.3 Å². The summed E-state index contributed by atoms with van der Waals surface area (Å²) in [5, 5.41) is 12.5. The molecule has 0 aliphatic carbocycles. The predicted molar refractivity (Wildman–Crippen MR) is 92.0 cm³/mol. The van der Waals surface area contributed by atoms with Crippen LogP contribution in [-0.4, -0.2) is 50.5 Å². The first-order chi connectivity index (χ1) is 12.1. The van der Waals surface area contributed by atoms with Gasteiger partial charge in [-0.3, -0.25) is 9.78 Å². The number of nitrogens with zero attached hydrogens (tertiary/aromatic N) is 3. The molecule has 7 nitrogen and oxygen atoms in total. The maximum absolute atomic E-state index is 13.0. The predicted octanol–water partition coefficient (Wildman–Crippen LogP) is 1.58. The maximum Gasteiger partial charge on any atom is 0.326 e. The first-order valence-electron chi connectivity index (χ1n) is 8.25. The van der Waals surface area contributed by atoms with E-state index < -0.39 is 18.1 Å². The summed E-state index contributed by atoms with van der Waals surface area (Å²) < 4.78 is 0. The van der Waals surface area contributed by atoms with Crippen LogP contribution in [0.2, 0.25) is 0 Å². The third-order valence-corrected chi connectivity index (χ3v) is 4.29. The van der Waals surface area contributed by atoms with Gasteiger partial charge in [0.05, 0.1) is 6.20 Å². The number of carbonyl (C=O) groups excluding carboxylic acids is 1. The molecule has 2 N–H and O–H groups in total. The van der Waals surface area contributed by atoms with Gasteiger partial charge in [-0.05, 0) is 18.4 Å². The van der Waals surface area contributed by atoms with Gasteiger partial charge in [-0.15, -0.1) is 0 Å². The SMILES string of the molecule is O=C(O)[C@@H]1CCCN1C(=O)C(Cc1ccccc1)Nc1cnccn1. The van der Waals surface area contributed by atoms with Crippen molar-refractivity contribution in [2.45, 2.75) is 31.3 Å². The Kier molecular flexibility index (Phi) is 5.23. The average Bonchev–Trinajstić information content (AvgIpc) is 3.12. The number of hydrogen-bond donors (Lipinski definition) is 2. The zero-order chi connectivity index (χ0) is 17.6. The summed E-state index contributed by atoms with van der Waals surface area (Å²) >= 11 is 0. The van der Waals surface area contributed by atoms with Crippen LogP contribution in [0.4, 0.5) is 5.82 Å². The van der Waals surface area contributed by atoms with Crippen molar-refractivity contribution >= 4 is 17.7 Å². The summed E-state index contributed by atoms with van der Waals surface area (Å²) in [6.45, 7) is 0.462. The van der Waals surface area contributed by atoms with E-state index in [4.69, 9.17) is 0 Å². The van der Waals surface area contributed by atoms with Crippen LogP contribution in [0.15, 0.2) is 48.9 Å². The molecule has 2 aromatic rings. The van der Waals surface area contributed by atoms with Gasteiger partial charge in [0, 0.05) is 25.4 Å². The normalized spacial score (nSPS) is 17.9. The second kappa shape index (κ2) is 7.74. The molecule has 1 aromatic carbocycles. The first-order valence-corrected chi connectivity index (χ1v) is 8.25. The molecule has 0 spiro atoms. The molecule has 1 aliphatic heterocycles. The van der Waals surface area contributed by atoms with Crippen LogP contribution in [-0.2, 0) is 16.0 Å². The molecule has 130 valence electrons. The molecule has 0 radical (unpaired) electrons. The summed E-state index contributed by atoms with van der Waals surface area (Å²) in [6.07, 6.45) is 6.28. The van der Waals surface area contributed by atoms with Gasteiger partial charge in [0.15, 0.2) is 0 Å². The van der Waals surface area contributed by atoms with Gasteiger partial charge >= 0.3 is 5.97 Å². The largest absolute Gasteiger partial charge is 0.480 e. The Bertz CT molecular complexity index is 682. The quantitative estimate of drug-likeness (QED) is 0.829. The molecule has 1 fully saturated rings. The van der Waals surface area contributed by atoms with Crippen molar-refractivity contribution in [2.75, 3.05) is 11.9 Å². The number of carboxylic acids is 1. The Morgan fingerprint density at radius 1 is 1.28 bits per heavy atom. The number of aliphatic carboxylic acids is 1. The molecular weight excluding hydrogens is 320 g/mol. The Morgan fingerprint density at radius 3 is 2.76 bits per heavy atom. The molecule has 25 heavy (non-hydrogen) atoms. The van der Waals surface area contributed by atoms with Crippen LogP contribution in [0.3, 0.4) is 0 Å². The molecule has 3 rings (SSSR count). The molecule has 2 atom stereocenters. The van der Waals surface area contributed by atoms with Crippen molar-refractivity contribution < 1.29 is 14.7 Å². The zero-order valence-corrected chi connectivity index (χ0v) is 13.7. The van der Waals surface area contributed by atoms with Gasteiger partial charge in [-0.2, -0.15) is 0 Å². The summed E-state index contributed by atoms with van der Waals surface area (Å²) in [5.41, 5.74) is 0.989.